The second-order valence-corrected chi connectivity index (χ2v) is 8.17. The molecule has 1 saturated heterocycles. The lowest BCUT2D eigenvalue weighted by molar-refractivity contribution is 0.0710. The van der Waals surface area contributed by atoms with E-state index in [1.54, 1.807) is 11.9 Å². The minimum absolute atomic E-state index is 0.0431. The van der Waals surface area contributed by atoms with Crippen molar-refractivity contribution in [1.82, 2.24) is 19.2 Å². The summed E-state index contributed by atoms with van der Waals surface area (Å²) >= 11 is 6.04. The normalized spacial score (nSPS) is 18.8. The molecule has 0 unspecified atom stereocenters. The number of piperidine rings is 1. The maximum Gasteiger partial charge on any atom is 0.345 e. The SMILES string of the molecule is Cn1nc(C2CCN(C(=O)c3ccc(F)cc3Cl)CC2)n(C2CCCC2)c1=O. The van der Waals surface area contributed by atoms with Crippen LogP contribution in [0.25, 0.3) is 0 Å². The summed E-state index contributed by atoms with van der Waals surface area (Å²) in [5.74, 6) is 0.367. The van der Waals surface area contributed by atoms with Crippen LogP contribution < -0.4 is 5.69 Å². The molecule has 0 N–H and O–H groups in total. The van der Waals surface area contributed by atoms with Crippen molar-refractivity contribution in [1.29, 1.82) is 0 Å². The topological polar surface area (TPSA) is 60.1 Å². The van der Waals surface area contributed by atoms with Gasteiger partial charge in [0.15, 0.2) is 0 Å². The van der Waals surface area contributed by atoms with Crippen LogP contribution in [0.4, 0.5) is 4.39 Å². The average Bonchev–Trinajstić information content (AvgIpc) is 3.30. The molecule has 1 aromatic carbocycles. The molecular formula is C20H24ClFN4O2. The summed E-state index contributed by atoms with van der Waals surface area (Å²) in [6.07, 6.45) is 5.84. The zero-order valence-corrected chi connectivity index (χ0v) is 16.7. The maximum atomic E-state index is 13.2. The number of benzene rings is 1. The van der Waals surface area contributed by atoms with Crippen molar-refractivity contribution < 1.29 is 9.18 Å². The predicted octanol–water partition coefficient (Wildman–Crippen LogP) is 3.51. The quantitative estimate of drug-likeness (QED) is 0.783. The third kappa shape index (κ3) is 3.48. The van der Waals surface area contributed by atoms with E-state index in [2.05, 4.69) is 5.10 Å². The van der Waals surface area contributed by atoms with Crippen LogP contribution in [0.15, 0.2) is 23.0 Å². The fraction of sp³-hybridized carbons (Fsp3) is 0.550. The molecule has 1 aromatic heterocycles. The van der Waals surface area contributed by atoms with Gasteiger partial charge in [0.25, 0.3) is 5.91 Å². The van der Waals surface area contributed by atoms with Crippen LogP contribution in [0, 0.1) is 5.82 Å². The molecule has 0 bridgehead atoms. The van der Waals surface area contributed by atoms with Crippen molar-refractivity contribution >= 4 is 17.5 Å². The molecule has 150 valence electrons. The van der Waals surface area contributed by atoms with Crippen molar-refractivity contribution in [3.8, 4) is 0 Å². The van der Waals surface area contributed by atoms with Crippen molar-refractivity contribution in [2.24, 2.45) is 7.05 Å². The zero-order chi connectivity index (χ0) is 19.8. The molecule has 1 amide bonds. The Labute approximate surface area is 167 Å². The van der Waals surface area contributed by atoms with E-state index < -0.39 is 5.82 Å². The summed E-state index contributed by atoms with van der Waals surface area (Å²) in [5, 5.41) is 4.66. The number of halogens is 2. The first-order chi connectivity index (χ1) is 13.5. The van der Waals surface area contributed by atoms with E-state index in [1.165, 1.54) is 16.8 Å². The fourth-order valence-corrected chi connectivity index (χ4v) is 4.70. The van der Waals surface area contributed by atoms with Gasteiger partial charge < -0.3 is 4.90 Å². The number of carbonyl (C=O) groups excluding carboxylic acids is 1. The zero-order valence-electron chi connectivity index (χ0n) is 15.9. The highest BCUT2D eigenvalue weighted by atomic mass is 35.5. The molecule has 0 atom stereocenters. The van der Waals surface area contributed by atoms with Crippen molar-refractivity contribution in [2.75, 3.05) is 13.1 Å². The molecule has 8 heteroatoms. The van der Waals surface area contributed by atoms with Crippen molar-refractivity contribution in [2.45, 2.75) is 50.5 Å². The molecule has 0 radical (unpaired) electrons. The number of amides is 1. The summed E-state index contributed by atoms with van der Waals surface area (Å²) in [7, 11) is 1.70. The first kappa shape index (κ1) is 19.2. The molecule has 1 aliphatic heterocycles. The molecule has 1 aliphatic carbocycles. The Bertz CT molecular complexity index is 940. The van der Waals surface area contributed by atoms with Crippen LogP contribution >= 0.6 is 11.6 Å². The van der Waals surface area contributed by atoms with Crippen LogP contribution in [-0.2, 0) is 7.05 Å². The number of aromatic nitrogens is 3. The summed E-state index contributed by atoms with van der Waals surface area (Å²) in [6.45, 7) is 1.12. The molecule has 0 spiro atoms. The van der Waals surface area contributed by atoms with Crippen LogP contribution in [0.5, 0.6) is 0 Å². The second-order valence-electron chi connectivity index (χ2n) is 7.76. The number of nitrogens with zero attached hydrogens (tertiary/aromatic N) is 4. The van der Waals surface area contributed by atoms with Gasteiger partial charge in [-0.3, -0.25) is 9.36 Å². The van der Waals surface area contributed by atoms with Gasteiger partial charge in [0.2, 0.25) is 0 Å². The smallest absolute Gasteiger partial charge is 0.339 e. The highest BCUT2D eigenvalue weighted by Gasteiger charge is 2.32. The molecule has 2 fully saturated rings. The Morgan fingerprint density at radius 3 is 2.50 bits per heavy atom. The lowest BCUT2D eigenvalue weighted by Crippen LogP contribution is -2.39. The van der Waals surface area contributed by atoms with Crippen LogP contribution in [0.3, 0.4) is 0 Å². The predicted molar refractivity (Wildman–Crippen MR) is 104 cm³/mol. The van der Waals surface area contributed by atoms with Gasteiger partial charge in [0.1, 0.15) is 11.6 Å². The van der Waals surface area contributed by atoms with Crippen LogP contribution in [0.2, 0.25) is 5.02 Å². The van der Waals surface area contributed by atoms with Crippen molar-refractivity contribution in [3.05, 3.63) is 50.9 Å². The standard InChI is InChI=1S/C20H24ClFN4O2/c1-24-20(28)26(15-4-2-3-5-15)18(23-24)13-8-10-25(11-9-13)19(27)16-7-6-14(22)12-17(16)21/h6-7,12-13,15H,2-5,8-11H2,1H3. The minimum Gasteiger partial charge on any atom is -0.339 e. The maximum absolute atomic E-state index is 13.2. The highest BCUT2D eigenvalue weighted by molar-refractivity contribution is 6.33. The van der Waals surface area contributed by atoms with Crippen molar-refractivity contribution in [3.63, 3.8) is 0 Å². The summed E-state index contributed by atoms with van der Waals surface area (Å²) in [5.41, 5.74) is 0.278. The van der Waals surface area contributed by atoms with E-state index in [9.17, 15) is 14.0 Å². The lowest BCUT2D eigenvalue weighted by Gasteiger charge is -2.32. The van der Waals surface area contributed by atoms with Gasteiger partial charge in [-0.25, -0.2) is 13.9 Å². The largest absolute Gasteiger partial charge is 0.345 e. The van der Waals surface area contributed by atoms with Crippen LogP contribution in [-0.4, -0.2) is 38.2 Å². The number of carbonyl (C=O) groups is 1. The first-order valence-electron chi connectivity index (χ1n) is 9.85. The Morgan fingerprint density at radius 2 is 1.86 bits per heavy atom. The Morgan fingerprint density at radius 1 is 1.18 bits per heavy atom. The second kappa shape index (κ2) is 7.70. The van der Waals surface area contributed by atoms with Gasteiger partial charge in [0.05, 0.1) is 10.6 Å². The summed E-state index contributed by atoms with van der Waals surface area (Å²) in [6, 6.07) is 4.09. The van der Waals surface area contributed by atoms with Crippen LogP contribution in [0.1, 0.15) is 66.7 Å². The molecule has 28 heavy (non-hydrogen) atoms. The molecule has 1 saturated carbocycles. The van der Waals surface area contributed by atoms with E-state index in [0.717, 1.165) is 50.4 Å². The van der Waals surface area contributed by atoms with E-state index in [0.29, 0.717) is 18.7 Å². The number of hydrogen-bond donors (Lipinski definition) is 0. The Kier molecular flexibility index (Phi) is 5.27. The third-order valence-corrected chi connectivity index (χ3v) is 6.29. The monoisotopic (exact) mass is 406 g/mol. The van der Waals surface area contributed by atoms with Gasteiger partial charge in [-0.1, -0.05) is 24.4 Å². The van der Waals surface area contributed by atoms with E-state index in [4.69, 9.17) is 11.6 Å². The van der Waals surface area contributed by atoms with Gasteiger partial charge in [-0.05, 0) is 43.9 Å². The Hall–Kier alpha value is -2.15. The van der Waals surface area contributed by atoms with E-state index in [1.807, 2.05) is 4.57 Å². The van der Waals surface area contributed by atoms with E-state index in [-0.39, 0.29) is 28.6 Å². The molecule has 6 nitrogen and oxygen atoms in total. The number of likely N-dealkylation sites (tertiary alicyclic amines) is 1. The van der Waals surface area contributed by atoms with Gasteiger partial charge >= 0.3 is 5.69 Å². The molecular weight excluding hydrogens is 383 g/mol. The summed E-state index contributed by atoms with van der Waals surface area (Å²) in [4.78, 5) is 27.1. The molecule has 2 aliphatic rings. The molecule has 2 aromatic rings. The number of rotatable bonds is 3. The minimum atomic E-state index is -0.458. The van der Waals surface area contributed by atoms with Gasteiger partial charge in [-0.15, -0.1) is 0 Å². The average molecular weight is 407 g/mol. The van der Waals surface area contributed by atoms with Gasteiger partial charge in [0, 0.05) is 32.1 Å². The van der Waals surface area contributed by atoms with Gasteiger partial charge in [-0.2, -0.15) is 5.10 Å². The first-order valence-corrected chi connectivity index (χ1v) is 10.2. The third-order valence-electron chi connectivity index (χ3n) is 5.98. The van der Waals surface area contributed by atoms with E-state index >= 15 is 0 Å². The summed E-state index contributed by atoms with van der Waals surface area (Å²) < 4.78 is 16.6. The number of hydrogen-bond acceptors (Lipinski definition) is 3. The fourth-order valence-electron chi connectivity index (χ4n) is 4.46. The lowest BCUT2D eigenvalue weighted by atomic mass is 9.95. The Balaban J connectivity index is 1.50. The highest BCUT2D eigenvalue weighted by Crippen LogP contribution is 2.34. The molecule has 4 rings (SSSR count). The number of aryl methyl sites for hydroxylation is 1. The molecule has 2 heterocycles.